The van der Waals surface area contributed by atoms with Gasteiger partial charge in [-0.3, -0.25) is 9.59 Å². The smallest absolute Gasteiger partial charge is 0.268 e. The van der Waals surface area contributed by atoms with Gasteiger partial charge in [-0.25, -0.2) is 0 Å². The SMILES string of the molecule is CC(=O)c1c(C)[nH]c(C(=O)NC[C@H](c2ccc(N(C)C)cc2)c2c[nH]c3ccccc23)c1C. The predicted molar refractivity (Wildman–Crippen MR) is 134 cm³/mol. The Bertz CT molecular complexity index is 1310. The van der Waals surface area contributed by atoms with Crippen LogP contribution in [0.15, 0.2) is 54.7 Å². The zero-order valence-electron chi connectivity index (χ0n) is 19.7. The molecule has 2 aromatic carbocycles. The standard InChI is InChI=1S/C27H30N4O2/c1-16-25(18(3)32)17(2)30-26(16)27(33)29-14-22(19-10-12-20(13-11-19)31(4)5)23-15-28-24-9-7-6-8-21(23)24/h6-13,15,22,28,30H,14H2,1-5H3,(H,29,33)/t22-/m1/s1. The molecule has 0 unspecified atom stereocenters. The van der Waals surface area contributed by atoms with E-state index in [0.29, 0.717) is 23.4 Å². The van der Waals surface area contributed by atoms with Crippen LogP contribution in [0.4, 0.5) is 5.69 Å². The maximum absolute atomic E-state index is 13.1. The number of amides is 1. The molecule has 0 aliphatic rings. The number of carbonyl (C=O) groups excluding carboxylic acids is 2. The molecule has 0 bridgehead atoms. The highest BCUT2D eigenvalue weighted by molar-refractivity contribution is 6.02. The number of aromatic nitrogens is 2. The molecule has 1 atom stereocenters. The number of rotatable bonds is 7. The van der Waals surface area contributed by atoms with E-state index in [-0.39, 0.29) is 17.6 Å². The molecular weight excluding hydrogens is 412 g/mol. The first-order chi connectivity index (χ1) is 15.8. The largest absolute Gasteiger partial charge is 0.378 e. The van der Waals surface area contributed by atoms with Gasteiger partial charge in [-0.05, 0) is 55.7 Å². The Morgan fingerprint density at radius 2 is 1.73 bits per heavy atom. The molecule has 0 spiro atoms. The molecular formula is C27H30N4O2. The quantitative estimate of drug-likeness (QED) is 0.355. The maximum Gasteiger partial charge on any atom is 0.268 e. The van der Waals surface area contributed by atoms with Crippen LogP contribution in [0.1, 0.15) is 56.1 Å². The Morgan fingerprint density at radius 3 is 2.36 bits per heavy atom. The number of nitrogens with zero attached hydrogens (tertiary/aromatic N) is 1. The summed E-state index contributed by atoms with van der Waals surface area (Å²) < 4.78 is 0. The first-order valence-electron chi connectivity index (χ1n) is 11.1. The number of fused-ring (bicyclic) bond motifs is 1. The molecule has 170 valence electrons. The van der Waals surface area contributed by atoms with Gasteiger partial charge in [0.25, 0.3) is 5.91 Å². The van der Waals surface area contributed by atoms with Crippen molar-refractivity contribution in [2.75, 3.05) is 25.5 Å². The summed E-state index contributed by atoms with van der Waals surface area (Å²) in [6.07, 6.45) is 2.03. The van der Waals surface area contributed by atoms with E-state index >= 15 is 0 Å². The third kappa shape index (κ3) is 4.29. The van der Waals surface area contributed by atoms with Crippen LogP contribution in [0.5, 0.6) is 0 Å². The molecule has 0 radical (unpaired) electrons. The van der Waals surface area contributed by atoms with Crippen molar-refractivity contribution in [3.63, 3.8) is 0 Å². The second kappa shape index (κ2) is 8.98. The van der Waals surface area contributed by atoms with Crippen LogP contribution in [0.3, 0.4) is 0 Å². The number of Topliss-reactive ketones (excluding diaryl/α,β-unsaturated/α-hetero) is 1. The first-order valence-corrected chi connectivity index (χ1v) is 11.1. The average molecular weight is 443 g/mol. The van der Waals surface area contributed by atoms with Gasteiger partial charge < -0.3 is 20.2 Å². The third-order valence-electron chi connectivity index (χ3n) is 6.29. The van der Waals surface area contributed by atoms with Gasteiger partial charge in [0, 0.05) is 60.6 Å². The van der Waals surface area contributed by atoms with Gasteiger partial charge in [-0.2, -0.15) is 0 Å². The van der Waals surface area contributed by atoms with E-state index < -0.39 is 0 Å². The minimum atomic E-state index is -0.210. The Labute approximate surface area is 194 Å². The van der Waals surface area contributed by atoms with Crippen molar-refractivity contribution in [2.45, 2.75) is 26.7 Å². The summed E-state index contributed by atoms with van der Waals surface area (Å²) in [6.45, 7) is 5.58. The summed E-state index contributed by atoms with van der Waals surface area (Å²) in [5, 5.41) is 4.24. The molecule has 0 aliphatic heterocycles. The molecule has 4 aromatic rings. The zero-order valence-corrected chi connectivity index (χ0v) is 19.7. The van der Waals surface area contributed by atoms with Crippen molar-refractivity contribution >= 4 is 28.3 Å². The van der Waals surface area contributed by atoms with Gasteiger partial charge in [0.1, 0.15) is 5.69 Å². The third-order valence-corrected chi connectivity index (χ3v) is 6.29. The summed E-state index contributed by atoms with van der Waals surface area (Å²) in [7, 11) is 4.03. The van der Waals surface area contributed by atoms with E-state index in [1.54, 1.807) is 0 Å². The fourth-order valence-electron chi connectivity index (χ4n) is 4.58. The lowest BCUT2D eigenvalue weighted by atomic mass is 9.90. The van der Waals surface area contributed by atoms with E-state index in [1.165, 1.54) is 6.92 Å². The zero-order chi connectivity index (χ0) is 23.7. The van der Waals surface area contributed by atoms with Crippen LogP contribution in [0.2, 0.25) is 0 Å². The second-order valence-corrected chi connectivity index (χ2v) is 8.72. The normalized spacial score (nSPS) is 12.0. The number of aromatic amines is 2. The summed E-state index contributed by atoms with van der Waals surface area (Å²) in [5.41, 5.74) is 6.88. The molecule has 2 heterocycles. The second-order valence-electron chi connectivity index (χ2n) is 8.72. The number of para-hydroxylation sites is 1. The first kappa shape index (κ1) is 22.4. The monoisotopic (exact) mass is 442 g/mol. The van der Waals surface area contributed by atoms with Crippen molar-refractivity contribution in [1.82, 2.24) is 15.3 Å². The molecule has 0 saturated carbocycles. The summed E-state index contributed by atoms with van der Waals surface area (Å²) in [4.78, 5) is 33.6. The highest BCUT2D eigenvalue weighted by Crippen LogP contribution is 2.31. The Hall–Kier alpha value is -3.80. The molecule has 6 nitrogen and oxygen atoms in total. The summed E-state index contributed by atoms with van der Waals surface area (Å²) >= 11 is 0. The topological polar surface area (TPSA) is 81.0 Å². The lowest BCUT2D eigenvalue weighted by Gasteiger charge is -2.20. The number of nitrogens with one attached hydrogen (secondary N) is 3. The van der Waals surface area contributed by atoms with Gasteiger partial charge in [0.05, 0.1) is 0 Å². The maximum atomic E-state index is 13.1. The lowest BCUT2D eigenvalue weighted by Crippen LogP contribution is -2.29. The lowest BCUT2D eigenvalue weighted by molar-refractivity contribution is 0.0947. The van der Waals surface area contributed by atoms with Crippen molar-refractivity contribution in [1.29, 1.82) is 0 Å². The summed E-state index contributed by atoms with van der Waals surface area (Å²) in [5.74, 6) is -0.291. The van der Waals surface area contributed by atoms with Crippen molar-refractivity contribution in [3.8, 4) is 0 Å². The number of hydrogen-bond acceptors (Lipinski definition) is 3. The molecule has 1 amide bonds. The number of H-pyrrole nitrogens is 2. The predicted octanol–water partition coefficient (Wildman–Crippen LogP) is 4.94. The molecule has 3 N–H and O–H groups in total. The molecule has 6 heteroatoms. The average Bonchev–Trinajstić information content (AvgIpc) is 3.34. The molecule has 4 rings (SSSR count). The Morgan fingerprint density at radius 1 is 1.03 bits per heavy atom. The van der Waals surface area contributed by atoms with Crippen LogP contribution in [-0.2, 0) is 0 Å². The number of aryl methyl sites for hydroxylation is 1. The molecule has 0 fully saturated rings. The molecule has 0 saturated heterocycles. The highest BCUT2D eigenvalue weighted by atomic mass is 16.2. The van der Waals surface area contributed by atoms with Crippen LogP contribution in [0, 0.1) is 13.8 Å². The molecule has 0 aliphatic carbocycles. The fourth-order valence-corrected chi connectivity index (χ4v) is 4.58. The Kier molecular flexibility index (Phi) is 6.09. The highest BCUT2D eigenvalue weighted by Gasteiger charge is 2.23. The summed E-state index contributed by atoms with van der Waals surface area (Å²) in [6, 6.07) is 16.6. The van der Waals surface area contributed by atoms with Gasteiger partial charge in [-0.15, -0.1) is 0 Å². The van der Waals surface area contributed by atoms with Crippen molar-refractivity contribution in [2.24, 2.45) is 0 Å². The number of ketones is 1. The van der Waals surface area contributed by atoms with E-state index in [2.05, 4.69) is 56.6 Å². The Balaban J connectivity index is 1.66. The van der Waals surface area contributed by atoms with Crippen molar-refractivity contribution in [3.05, 3.63) is 88.4 Å². The van der Waals surface area contributed by atoms with Gasteiger partial charge in [-0.1, -0.05) is 30.3 Å². The van der Waals surface area contributed by atoms with Crippen LogP contribution in [0.25, 0.3) is 10.9 Å². The van der Waals surface area contributed by atoms with Crippen molar-refractivity contribution < 1.29 is 9.59 Å². The minimum absolute atomic E-state index is 0.0371. The fraction of sp³-hybridized carbons (Fsp3) is 0.259. The van der Waals surface area contributed by atoms with Crippen LogP contribution in [-0.4, -0.2) is 42.3 Å². The molecule has 2 aromatic heterocycles. The molecule has 33 heavy (non-hydrogen) atoms. The number of carbonyl (C=O) groups is 2. The minimum Gasteiger partial charge on any atom is -0.378 e. The van der Waals surface area contributed by atoms with E-state index in [1.807, 2.05) is 46.3 Å². The number of benzene rings is 2. The van der Waals surface area contributed by atoms with E-state index in [9.17, 15) is 9.59 Å². The van der Waals surface area contributed by atoms with Crippen LogP contribution >= 0.6 is 0 Å². The van der Waals surface area contributed by atoms with Gasteiger partial charge in [0.2, 0.25) is 0 Å². The van der Waals surface area contributed by atoms with Crippen LogP contribution < -0.4 is 10.2 Å². The van der Waals surface area contributed by atoms with Gasteiger partial charge >= 0.3 is 0 Å². The van der Waals surface area contributed by atoms with Gasteiger partial charge in [0.15, 0.2) is 5.78 Å². The van der Waals surface area contributed by atoms with E-state index in [4.69, 9.17) is 0 Å². The number of hydrogen-bond donors (Lipinski definition) is 3. The number of anilines is 1. The van der Waals surface area contributed by atoms with E-state index in [0.717, 1.165) is 33.4 Å².